The molecular formula is C52H100O17P2. The van der Waals surface area contributed by atoms with Crippen LogP contribution in [0.25, 0.3) is 0 Å². The Balaban J connectivity index is 5.01. The maximum absolute atomic E-state index is 12.8. The molecular weight excluding hydrogens is 959 g/mol. The van der Waals surface area contributed by atoms with Crippen LogP contribution in [0.1, 0.15) is 252 Å². The monoisotopic (exact) mass is 1060 g/mol. The number of esters is 4. The van der Waals surface area contributed by atoms with Gasteiger partial charge in [0.15, 0.2) is 12.2 Å². The Morgan fingerprint density at radius 3 is 0.831 bits per heavy atom. The molecule has 2 unspecified atom stereocenters. The van der Waals surface area contributed by atoms with Gasteiger partial charge in [-0.15, -0.1) is 0 Å². The summed E-state index contributed by atoms with van der Waals surface area (Å²) in [6, 6.07) is 0. The van der Waals surface area contributed by atoms with E-state index in [0.29, 0.717) is 25.7 Å². The van der Waals surface area contributed by atoms with Crippen molar-refractivity contribution in [2.24, 2.45) is 0 Å². The van der Waals surface area contributed by atoms with E-state index in [4.69, 9.17) is 37.0 Å². The van der Waals surface area contributed by atoms with E-state index in [1.807, 2.05) is 0 Å². The molecule has 0 spiro atoms. The normalized spacial score (nSPS) is 14.5. The van der Waals surface area contributed by atoms with Gasteiger partial charge in [0.05, 0.1) is 26.4 Å². The minimum atomic E-state index is -4.92. The van der Waals surface area contributed by atoms with Crippen LogP contribution in [0.15, 0.2) is 0 Å². The minimum absolute atomic E-state index is 0.0988. The standard InChI is InChI=1S/C52H100O17P2/c1-5-9-13-17-18-19-20-21-22-23-24-25-26-27-31-35-39-52(57)69-48(43-63-50(55)37-33-29-15-11-7-3)45-67-71(60,61)65-41-46(53)40-64-70(58,59)66-44-47(68-51(56)38-34-30-16-12-8-4)42-62-49(54)36-32-28-14-10-6-2/h46-48,53H,5-45H2,1-4H3,(H,58,59)(H,60,61)/t46-,47+,48+/m0/s1. The number of hydrogen-bond acceptors (Lipinski definition) is 15. The van der Waals surface area contributed by atoms with E-state index in [0.717, 1.165) is 103 Å². The number of unbranched alkanes of at least 4 members (excludes halogenated alkanes) is 27. The number of rotatable bonds is 53. The van der Waals surface area contributed by atoms with Crippen LogP contribution in [0.4, 0.5) is 0 Å². The van der Waals surface area contributed by atoms with Gasteiger partial charge in [-0.25, -0.2) is 9.13 Å². The van der Waals surface area contributed by atoms with Crippen molar-refractivity contribution in [3.63, 3.8) is 0 Å². The lowest BCUT2D eigenvalue weighted by atomic mass is 10.0. The first-order valence-electron chi connectivity index (χ1n) is 27.8. The van der Waals surface area contributed by atoms with Gasteiger partial charge in [-0.3, -0.25) is 37.3 Å². The summed E-state index contributed by atoms with van der Waals surface area (Å²) in [5, 5.41) is 10.4. The highest BCUT2D eigenvalue weighted by Gasteiger charge is 2.30. The van der Waals surface area contributed by atoms with Crippen LogP contribution < -0.4 is 0 Å². The van der Waals surface area contributed by atoms with Gasteiger partial charge in [0, 0.05) is 25.7 Å². The first kappa shape index (κ1) is 69.1. The van der Waals surface area contributed by atoms with Crippen LogP contribution in [0.3, 0.4) is 0 Å². The minimum Gasteiger partial charge on any atom is -0.462 e. The lowest BCUT2D eigenvalue weighted by Gasteiger charge is -2.21. The van der Waals surface area contributed by atoms with Gasteiger partial charge in [0.25, 0.3) is 0 Å². The average Bonchev–Trinajstić information content (AvgIpc) is 3.34. The van der Waals surface area contributed by atoms with Crippen molar-refractivity contribution in [2.45, 2.75) is 271 Å². The highest BCUT2D eigenvalue weighted by atomic mass is 31.2. The lowest BCUT2D eigenvalue weighted by molar-refractivity contribution is -0.161. The predicted octanol–water partition coefficient (Wildman–Crippen LogP) is 13.3. The van der Waals surface area contributed by atoms with Crippen LogP contribution in [-0.2, 0) is 65.4 Å². The van der Waals surface area contributed by atoms with Crippen LogP contribution in [-0.4, -0.2) is 96.7 Å². The van der Waals surface area contributed by atoms with Gasteiger partial charge in [-0.1, -0.05) is 201 Å². The van der Waals surface area contributed by atoms with Gasteiger partial charge in [-0.2, -0.15) is 0 Å². The Hall–Kier alpha value is -1.94. The summed E-state index contributed by atoms with van der Waals surface area (Å²) in [5.74, 6) is -2.18. The summed E-state index contributed by atoms with van der Waals surface area (Å²) in [6.07, 6.45) is 29.1. The van der Waals surface area contributed by atoms with E-state index in [-0.39, 0.29) is 25.7 Å². The fourth-order valence-corrected chi connectivity index (χ4v) is 9.09. The molecule has 0 amide bonds. The van der Waals surface area contributed by atoms with Crippen molar-refractivity contribution in [2.75, 3.05) is 39.6 Å². The fourth-order valence-electron chi connectivity index (χ4n) is 7.51. The van der Waals surface area contributed by atoms with E-state index in [1.54, 1.807) is 0 Å². The van der Waals surface area contributed by atoms with Gasteiger partial charge < -0.3 is 33.8 Å². The third-order valence-corrected chi connectivity index (χ3v) is 13.8. The smallest absolute Gasteiger partial charge is 0.462 e. The molecule has 0 radical (unpaired) electrons. The average molecular weight is 1060 g/mol. The van der Waals surface area contributed by atoms with Crippen LogP contribution in [0, 0.1) is 0 Å². The summed E-state index contributed by atoms with van der Waals surface area (Å²) in [6.45, 7) is 4.53. The Labute approximate surface area is 428 Å². The van der Waals surface area contributed by atoms with Gasteiger partial charge >= 0.3 is 39.5 Å². The molecule has 420 valence electrons. The van der Waals surface area contributed by atoms with E-state index in [1.165, 1.54) is 70.6 Å². The predicted molar refractivity (Wildman–Crippen MR) is 275 cm³/mol. The Morgan fingerprint density at radius 1 is 0.338 bits per heavy atom. The molecule has 0 aliphatic carbocycles. The highest BCUT2D eigenvalue weighted by molar-refractivity contribution is 7.47. The van der Waals surface area contributed by atoms with Gasteiger partial charge in [0.2, 0.25) is 0 Å². The SMILES string of the molecule is CCCCCCCCCCCCCCCCCCC(=O)O[C@H](COC(=O)CCCCCCC)COP(=O)(O)OC[C@@H](O)COP(=O)(O)OC[C@@H](COC(=O)CCCCCCC)OC(=O)CCCCCCC. The summed E-state index contributed by atoms with van der Waals surface area (Å²) in [4.78, 5) is 70.9. The highest BCUT2D eigenvalue weighted by Crippen LogP contribution is 2.45. The lowest BCUT2D eigenvalue weighted by Crippen LogP contribution is -2.30. The van der Waals surface area contributed by atoms with Crippen molar-refractivity contribution in [1.29, 1.82) is 0 Å². The van der Waals surface area contributed by atoms with E-state index in [9.17, 15) is 43.2 Å². The summed E-state index contributed by atoms with van der Waals surface area (Å²) in [7, 11) is -9.83. The molecule has 5 atom stereocenters. The molecule has 0 rings (SSSR count). The molecule has 0 bridgehead atoms. The van der Waals surface area contributed by atoms with Crippen LogP contribution in [0.2, 0.25) is 0 Å². The third kappa shape index (κ3) is 47.5. The number of phosphoric acid groups is 2. The second kappa shape index (κ2) is 47.8. The number of aliphatic hydroxyl groups is 1. The first-order valence-corrected chi connectivity index (χ1v) is 30.8. The Bertz CT molecular complexity index is 1400. The Morgan fingerprint density at radius 2 is 0.563 bits per heavy atom. The van der Waals surface area contributed by atoms with Crippen LogP contribution >= 0.6 is 15.6 Å². The maximum Gasteiger partial charge on any atom is 0.472 e. The number of ether oxygens (including phenoxy) is 4. The molecule has 0 fully saturated rings. The first-order chi connectivity index (χ1) is 34.2. The molecule has 3 N–H and O–H groups in total. The quantitative estimate of drug-likeness (QED) is 0.0222. The number of hydrogen-bond donors (Lipinski definition) is 3. The topological polar surface area (TPSA) is 237 Å². The number of phosphoric ester groups is 2. The molecule has 0 aliphatic rings. The zero-order chi connectivity index (χ0) is 52.7. The molecule has 17 nitrogen and oxygen atoms in total. The zero-order valence-electron chi connectivity index (χ0n) is 44.7. The van der Waals surface area contributed by atoms with Crippen molar-refractivity contribution >= 4 is 39.5 Å². The zero-order valence-corrected chi connectivity index (χ0v) is 46.5. The molecule has 71 heavy (non-hydrogen) atoms. The van der Waals surface area contributed by atoms with E-state index in [2.05, 4.69) is 27.7 Å². The molecule has 0 saturated carbocycles. The van der Waals surface area contributed by atoms with Gasteiger partial charge in [0.1, 0.15) is 19.3 Å². The van der Waals surface area contributed by atoms with Crippen LogP contribution in [0.5, 0.6) is 0 Å². The molecule has 0 aromatic carbocycles. The summed E-state index contributed by atoms with van der Waals surface area (Å²) >= 11 is 0. The van der Waals surface area contributed by atoms with Crippen molar-refractivity contribution in [3.05, 3.63) is 0 Å². The summed E-state index contributed by atoms with van der Waals surface area (Å²) < 4.78 is 66.9. The Kier molecular flexibility index (Phi) is 46.4. The molecule has 0 saturated heterocycles. The molecule has 19 heteroatoms. The number of aliphatic hydroxyl groups excluding tert-OH is 1. The van der Waals surface area contributed by atoms with Crippen molar-refractivity contribution < 1.29 is 80.2 Å². The van der Waals surface area contributed by atoms with E-state index < -0.39 is 97.5 Å². The number of carbonyl (C=O) groups is 4. The molecule has 0 aliphatic heterocycles. The third-order valence-electron chi connectivity index (χ3n) is 11.9. The van der Waals surface area contributed by atoms with Gasteiger partial charge in [-0.05, 0) is 25.7 Å². The van der Waals surface area contributed by atoms with Crippen molar-refractivity contribution in [1.82, 2.24) is 0 Å². The second-order valence-corrected chi connectivity index (χ2v) is 21.8. The maximum atomic E-state index is 12.8. The molecule has 0 aromatic rings. The van der Waals surface area contributed by atoms with Crippen molar-refractivity contribution in [3.8, 4) is 0 Å². The fraction of sp³-hybridized carbons (Fsp3) is 0.923. The largest absolute Gasteiger partial charge is 0.472 e. The molecule has 0 aromatic heterocycles. The second-order valence-electron chi connectivity index (χ2n) is 18.9. The summed E-state index contributed by atoms with van der Waals surface area (Å²) in [5.41, 5.74) is 0. The van der Waals surface area contributed by atoms with E-state index >= 15 is 0 Å². The molecule has 0 heterocycles. The number of carbonyl (C=O) groups excluding carboxylic acids is 4.